The third kappa shape index (κ3) is 5.50. The van der Waals surface area contributed by atoms with Gasteiger partial charge in [0.15, 0.2) is 0 Å². The van der Waals surface area contributed by atoms with Gasteiger partial charge >= 0.3 is 12.1 Å². The van der Waals surface area contributed by atoms with E-state index in [9.17, 15) is 26.4 Å². The molecular formula is C11H9BClF3O5S. The lowest BCUT2D eigenvalue weighted by molar-refractivity contribution is -0.197. The van der Waals surface area contributed by atoms with Gasteiger partial charge in [-0.3, -0.25) is 4.55 Å². The summed E-state index contributed by atoms with van der Waals surface area (Å²) in [6.07, 6.45) is -8.08. The molecule has 0 fully saturated rings. The van der Waals surface area contributed by atoms with E-state index in [1.54, 1.807) is 0 Å². The molecule has 0 bridgehead atoms. The quantitative estimate of drug-likeness (QED) is 0.496. The second kappa shape index (κ2) is 6.88. The molecular weight excluding hydrogens is 347 g/mol. The van der Waals surface area contributed by atoms with Crippen LogP contribution in [0, 0.1) is 0 Å². The number of hydrogen-bond acceptors (Lipinski definition) is 4. The van der Waals surface area contributed by atoms with E-state index in [-0.39, 0.29) is 16.9 Å². The summed E-state index contributed by atoms with van der Waals surface area (Å²) in [6.45, 7) is 0. The van der Waals surface area contributed by atoms with Gasteiger partial charge in [-0.2, -0.15) is 21.6 Å². The van der Waals surface area contributed by atoms with Crippen LogP contribution in [0.25, 0.3) is 0 Å². The van der Waals surface area contributed by atoms with Crippen LogP contribution in [-0.2, 0) is 21.2 Å². The van der Waals surface area contributed by atoms with Gasteiger partial charge in [-0.15, -0.1) is 0 Å². The molecule has 22 heavy (non-hydrogen) atoms. The second-order valence-corrected chi connectivity index (χ2v) is 6.11. The van der Waals surface area contributed by atoms with Gasteiger partial charge < -0.3 is 4.74 Å². The Morgan fingerprint density at radius 1 is 1.41 bits per heavy atom. The minimum absolute atomic E-state index is 0.100. The van der Waals surface area contributed by atoms with E-state index in [1.807, 2.05) is 0 Å². The largest absolute Gasteiger partial charge is 0.448 e. The third-order valence-corrected chi connectivity index (χ3v) is 3.50. The van der Waals surface area contributed by atoms with Crippen LogP contribution < -0.4 is 0 Å². The highest BCUT2D eigenvalue weighted by atomic mass is 35.5. The van der Waals surface area contributed by atoms with Crippen LogP contribution in [0.3, 0.4) is 0 Å². The molecule has 0 spiro atoms. The molecule has 1 aromatic rings. The maximum atomic E-state index is 12.6. The Kier molecular flexibility index (Phi) is 5.88. The highest BCUT2D eigenvalue weighted by molar-refractivity contribution is 7.85. The van der Waals surface area contributed by atoms with Crippen molar-refractivity contribution in [1.29, 1.82) is 0 Å². The first-order valence-electron chi connectivity index (χ1n) is 5.65. The summed E-state index contributed by atoms with van der Waals surface area (Å²) in [5.41, 5.74) is 0.148. The molecule has 0 aromatic heterocycles. The Morgan fingerprint density at radius 3 is 2.41 bits per heavy atom. The predicted octanol–water partition coefficient (Wildman–Crippen LogP) is 1.98. The zero-order chi connectivity index (χ0) is 17.1. The number of esters is 1. The van der Waals surface area contributed by atoms with Crippen LogP contribution in [0.2, 0.25) is 5.02 Å². The Bertz CT molecular complexity index is 662. The molecule has 0 heterocycles. The Labute approximate surface area is 130 Å². The average molecular weight is 357 g/mol. The van der Waals surface area contributed by atoms with Crippen LogP contribution >= 0.6 is 11.6 Å². The molecule has 0 aliphatic rings. The van der Waals surface area contributed by atoms with Gasteiger partial charge in [0.05, 0.1) is 18.4 Å². The molecule has 0 aliphatic heterocycles. The lowest BCUT2D eigenvalue weighted by Crippen LogP contribution is -2.39. The van der Waals surface area contributed by atoms with E-state index < -0.39 is 34.1 Å². The van der Waals surface area contributed by atoms with Gasteiger partial charge in [0.2, 0.25) is 6.10 Å². The zero-order valence-corrected chi connectivity index (χ0v) is 12.4. The molecule has 1 atom stereocenters. The summed E-state index contributed by atoms with van der Waals surface area (Å²) >= 11 is 5.73. The van der Waals surface area contributed by atoms with Crippen LogP contribution in [0.1, 0.15) is 15.9 Å². The smallest absolute Gasteiger partial charge is 0.426 e. The number of halogens is 4. The SMILES string of the molecule is [B]Cc1ccc(C(=O)OC(CS(=O)(=O)O)C(F)(F)F)c(Cl)c1. The summed E-state index contributed by atoms with van der Waals surface area (Å²) in [4.78, 5) is 11.7. The molecule has 120 valence electrons. The van der Waals surface area contributed by atoms with E-state index in [4.69, 9.17) is 24.0 Å². The minimum atomic E-state index is -5.17. The van der Waals surface area contributed by atoms with E-state index in [0.29, 0.717) is 5.56 Å². The van der Waals surface area contributed by atoms with Crippen molar-refractivity contribution in [1.82, 2.24) is 0 Å². The molecule has 0 saturated carbocycles. The van der Waals surface area contributed by atoms with Crippen LogP contribution in [0.15, 0.2) is 18.2 Å². The van der Waals surface area contributed by atoms with E-state index in [0.717, 1.165) is 6.07 Å². The van der Waals surface area contributed by atoms with Crippen LogP contribution in [0.4, 0.5) is 13.2 Å². The van der Waals surface area contributed by atoms with Crippen LogP contribution in [-0.4, -0.2) is 44.8 Å². The summed E-state index contributed by atoms with van der Waals surface area (Å²) in [6, 6.07) is 3.73. The Hall–Kier alpha value is -1.26. The van der Waals surface area contributed by atoms with Gasteiger partial charge in [-0.1, -0.05) is 29.6 Å². The molecule has 11 heteroatoms. The molecule has 1 N–H and O–H groups in total. The summed E-state index contributed by atoms with van der Waals surface area (Å²) in [7, 11) is 0.332. The van der Waals surface area contributed by atoms with Crippen molar-refractivity contribution in [3.63, 3.8) is 0 Å². The van der Waals surface area contributed by atoms with Crippen molar-refractivity contribution < 1.29 is 35.7 Å². The van der Waals surface area contributed by atoms with Crippen molar-refractivity contribution in [2.45, 2.75) is 18.6 Å². The number of hydrogen-bond donors (Lipinski definition) is 1. The number of alkyl halides is 3. The number of benzene rings is 1. The predicted molar refractivity (Wildman–Crippen MR) is 72.6 cm³/mol. The fourth-order valence-electron chi connectivity index (χ4n) is 1.43. The lowest BCUT2D eigenvalue weighted by Gasteiger charge is -2.19. The molecule has 1 rings (SSSR count). The first-order valence-corrected chi connectivity index (χ1v) is 7.64. The lowest BCUT2D eigenvalue weighted by atomic mass is 9.96. The van der Waals surface area contributed by atoms with Crippen molar-refractivity contribution in [2.24, 2.45) is 0 Å². The molecule has 2 radical (unpaired) electrons. The van der Waals surface area contributed by atoms with Crippen molar-refractivity contribution >= 4 is 35.5 Å². The van der Waals surface area contributed by atoms with Crippen molar-refractivity contribution in [2.75, 3.05) is 5.75 Å². The topological polar surface area (TPSA) is 80.7 Å². The number of carbonyl (C=O) groups excluding carboxylic acids is 1. The third-order valence-electron chi connectivity index (χ3n) is 2.47. The molecule has 0 amide bonds. The average Bonchev–Trinajstić information content (AvgIpc) is 2.34. The summed E-state index contributed by atoms with van der Waals surface area (Å²) in [5.74, 6) is -3.28. The highest BCUT2D eigenvalue weighted by Crippen LogP contribution is 2.26. The monoisotopic (exact) mass is 356 g/mol. The number of rotatable bonds is 5. The Morgan fingerprint density at radius 2 is 2.00 bits per heavy atom. The van der Waals surface area contributed by atoms with Gasteiger partial charge in [-0.05, 0) is 12.1 Å². The van der Waals surface area contributed by atoms with E-state index in [1.165, 1.54) is 12.1 Å². The molecule has 5 nitrogen and oxygen atoms in total. The molecule has 1 aromatic carbocycles. The zero-order valence-electron chi connectivity index (χ0n) is 10.8. The number of ether oxygens (including phenoxy) is 1. The Balaban J connectivity index is 3.01. The summed E-state index contributed by atoms with van der Waals surface area (Å²) in [5, 5.41) is -0.194. The van der Waals surface area contributed by atoms with Crippen molar-refractivity contribution in [3.8, 4) is 0 Å². The fraction of sp³-hybridized carbons (Fsp3) is 0.364. The number of carbonyl (C=O) groups is 1. The maximum Gasteiger partial charge on any atom is 0.426 e. The standard InChI is InChI=1S/C11H9BClF3O5S/c12-4-6-1-2-7(8(13)3-6)10(17)21-9(11(14,15)16)5-22(18,19)20/h1-3,9H,4-5H2,(H,18,19,20). The van der Waals surface area contributed by atoms with Gasteiger partial charge in [0.25, 0.3) is 10.1 Å². The summed E-state index contributed by atoms with van der Waals surface area (Å²) < 4.78 is 71.7. The van der Waals surface area contributed by atoms with Crippen LogP contribution in [0.5, 0.6) is 0 Å². The van der Waals surface area contributed by atoms with Gasteiger partial charge in [0.1, 0.15) is 5.75 Å². The first kappa shape index (κ1) is 18.8. The van der Waals surface area contributed by atoms with E-state index in [2.05, 4.69) is 4.74 Å². The minimum Gasteiger partial charge on any atom is -0.448 e. The molecule has 1 unspecified atom stereocenters. The normalized spacial score (nSPS) is 13.7. The maximum absolute atomic E-state index is 12.6. The fourth-order valence-corrected chi connectivity index (χ4v) is 2.35. The highest BCUT2D eigenvalue weighted by Gasteiger charge is 2.45. The first-order chi connectivity index (χ1) is 9.94. The second-order valence-electron chi connectivity index (χ2n) is 4.20. The van der Waals surface area contributed by atoms with Gasteiger partial charge in [-0.25, -0.2) is 4.79 Å². The molecule has 0 saturated heterocycles. The van der Waals surface area contributed by atoms with Crippen molar-refractivity contribution in [3.05, 3.63) is 34.3 Å². The van der Waals surface area contributed by atoms with Gasteiger partial charge in [0, 0.05) is 0 Å². The molecule has 0 aliphatic carbocycles. The van der Waals surface area contributed by atoms with E-state index >= 15 is 0 Å².